The lowest BCUT2D eigenvalue weighted by atomic mass is 10.0. The highest BCUT2D eigenvalue weighted by molar-refractivity contribution is 6.30. The van der Waals surface area contributed by atoms with Gasteiger partial charge in [-0.1, -0.05) is 23.7 Å². The van der Waals surface area contributed by atoms with E-state index in [-0.39, 0.29) is 30.7 Å². The van der Waals surface area contributed by atoms with Gasteiger partial charge in [0.1, 0.15) is 0 Å². The molecule has 0 spiro atoms. The second-order valence-electron chi connectivity index (χ2n) is 5.58. The van der Waals surface area contributed by atoms with Gasteiger partial charge in [0.05, 0.1) is 30.9 Å². The number of hydrogen-bond donors (Lipinski definition) is 3. The molecule has 1 aromatic heterocycles. The maximum atomic E-state index is 12.2. The van der Waals surface area contributed by atoms with E-state index in [1.165, 1.54) is 13.1 Å². The molecule has 136 valence electrons. The number of anilines is 1. The average Bonchev–Trinajstić information content (AvgIpc) is 2.60. The Morgan fingerprint density at radius 1 is 1.12 bits per heavy atom. The summed E-state index contributed by atoms with van der Waals surface area (Å²) in [6.07, 6.45) is 3.10. The summed E-state index contributed by atoms with van der Waals surface area (Å²) in [5, 5.41) is 8.44. The fraction of sp³-hybridized carbons (Fsp3) is 0.222. The van der Waals surface area contributed by atoms with Gasteiger partial charge < -0.3 is 16.0 Å². The minimum Gasteiger partial charge on any atom is -0.349 e. The first-order valence-electron chi connectivity index (χ1n) is 7.93. The Morgan fingerprint density at radius 3 is 2.46 bits per heavy atom. The van der Waals surface area contributed by atoms with Crippen LogP contribution in [0, 0.1) is 0 Å². The first-order chi connectivity index (χ1) is 12.4. The average molecular weight is 375 g/mol. The Kier molecular flexibility index (Phi) is 7.11. The molecular formula is C18H19ClN4O3. The molecule has 3 amide bonds. The largest absolute Gasteiger partial charge is 0.349 e. The third-order valence-electron chi connectivity index (χ3n) is 3.43. The van der Waals surface area contributed by atoms with Gasteiger partial charge in [-0.3, -0.25) is 19.4 Å². The number of hydrogen-bond acceptors (Lipinski definition) is 4. The molecule has 0 unspecified atom stereocenters. The number of halogens is 1. The summed E-state index contributed by atoms with van der Waals surface area (Å²) in [5.41, 5.74) is 1.29. The van der Waals surface area contributed by atoms with Crippen molar-refractivity contribution in [2.45, 2.75) is 19.4 Å². The molecule has 8 heteroatoms. The van der Waals surface area contributed by atoms with Gasteiger partial charge in [0, 0.05) is 18.1 Å². The van der Waals surface area contributed by atoms with E-state index in [9.17, 15) is 14.4 Å². The van der Waals surface area contributed by atoms with E-state index in [0.717, 1.165) is 5.56 Å². The van der Waals surface area contributed by atoms with Crippen LogP contribution in [0.4, 0.5) is 5.69 Å². The predicted molar refractivity (Wildman–Crippen MR) is 98.5 cm³/mol. The molecule has 0 aliphatic rings. The van der Waals surface area contributed by atoms with E-state index >= 15 is 0 Å². The van der Waals surface area contributed by atoms with Crippen LogP contribution in [0.2, 0.25) is 5.02 Å². The third-order valence-corrected chi connectivity index (χ3v) is 3.68. The zero-order valence-electron chi connectivity index (χ0n) is 14.2. The van der Waals surface area contributed by atoms with Gasteiger partial charge in [-0.25, -0.2) is 0 Å². The summed E-state index contributed by atoms with van der Waals surface area (Å²) >= 11 is 5.86. The molecule has 1 atom stereocenters. The van der Waals surface area contributed by atoms with Crippen molar-refractivity contribution in [3.05, 3.63) is 59.4 Å². The molecular weight excluding hydrogens is 356 g/mol. The van der Waals surface area contributed by atoms with Gasteiger partial charge in [-0.05, 0) is 29.8 Å². The molecule has 3 N–H and O–H groups in total. The fourth-order valence-electron chi connectivity index (χ4n) is 2.27. The lowest BCUT2D eigenvalue weighted by Crippen LogP contribution is -2.36. The second kappa shape index (κ2) is 9.53. The number of carbonyl (C=O) groups excluding carboxylic acids is 3. The zero-order valence-corrected chi connectivity index (χ0v) is 14.9. The number of nitrogens with one attached hydrogen (secondary N) is 3. The van der Waals surface area contributed by atoms with E-state index < -0.39 is 6.04 Å². The molecule has 7 nitrogen and oxygen atoms in total. The molecule has 0 radical (unpaired) electrons. The van der Waals surface area contributed by atoms with Crippen molar-refractivity contribution in [1.29, 1.82) is 0 Å². The lowest BCUT2D eigenvalue weighted by Gasteiger charge is -2.18. The molecule has 2 aromatic rings. The summed E-state index contributed by atoms with van der Waals surface area (Å²) in [6, 6.07) is 9.73. The van der Waals surface area contributed by atoms with Crippen LogP contribution in [-0.4, -0.2) is 29.3 Å². The van der Waals surface area contributed by atoms with Gasteiger partial charge in [0.15, 0.2) is 0 Å². The van der Waals surface area contributed by atoms with Crippen LogP contribution in [0.15, 0.2) is 48.8 Å². The Morgan fingerprint density at radius 2 is 1.85 bits per heavy atom. The highest BCUT2D eigenvalue weighted by Crippen LogP contribution is 2.19. The second-order valence-corrected chi connectivity index (χ2v) is 6.01. The van der Waals surface area contributed by atoms with Crippen LogP contribution in [0.3, 0.4) is 0 Å². The molecule has 0 saturated carbocycles. The number of pyridine rings is 1. The predicted octanol–water partition coefficient (Wildman–Crippen LogP) is 2.06. The number of carbonyl (C=O) groups is 3. The standard InChI is InChI=1S/C18H19ClN4O3/c1-12(24)22-16(13-4-6-14(19)7-5-13)9-17(25)21-11-18(26)23-15-3-2-8-20-10-15/h2-8,10,16H,9,11H2,1H3,(H,21,25)(H,22,24)(H,23,26)/t16-/m0/s1. The van der Waals surface area contributed by atoms with E-state index in [0.29, 0.717) is 10.7 Å². The van der Waals surface area contributed by atoms with Crippen molar-refractivity contribution in [3.8, 4) is 0 Å². The summed E-state index contributed by atoms with van der Waals surface area (Å²) in [7, 11) is 0. The molecule has 1 heterocycles. The zero-order chi connectivity index (χ0) is 18.9. The maximum absolute atomic E-state index is 12.2. The third kappa shape index (κ3) is 6.52. The molecule has 2 rings (SSSR count). The van der Waals surface area contributed by atoms with Crippen molar-refractivity contribution in [1.82, 2.24) is 15.6 Å². The molecule has 1 aromatic carbocycles. The number of nitrogens with zero attached hydrogens (tertiary/aromatic N) is 1. The molecule has 0 aliphatic carbocycles. The monoisotopic (exact) mass is 374 g/mol. The fourth-order valence-corrected chi connectivity index (χ4v) is 2.40. The van der Waals surface area contributed by atoms with Gasteiger partial charge in [-0.2, -0.15) is 0 Å². The lowest BCUT2D eigenvalue weighted by molar-refractivity contribution is -0.125. The van der Waals surface area contributed by atoms with Crippen LogP contribution in [-0.2, 0) is 14.4 Å². The maximum Gasteiger partial charge on any atom is 0.243 e. The summed E-state index contributed by atoms with van der Waals surface area (Å²) in [4.78, 5) is 39.3. The minimum absolute atomic E-state index is 0.00137. The Balaban J connectivity index is 1.89. The van der Waals surface area contributed by atoms with Crippen molar-refractivity contribution >= 4 is 35.0 Å². The molecule has 0 aliphatic heterocycles. The van der Waals surface area contributed by atoms with Crippen LogP contribution in [0.5, 0.6) is 0 Å². The van der Waals surface area contributed by atoms with Gasteiger partial charge in [0.25, 0.3) is 0 Å². The first kappa shape index (κ1) is 19.4. The summed E-state index contributed by atoms with van der Waals surface area (Å²) < 4.78 is 0. The Labute approximate surface area is 156 Å². The highest BCUT2D eigenvalue weighted by atomic mass is 35.5. The van der Waals surface area contributed by atoms with Crippen LogP contribution in [0.25, 0.3) is 0 Å². The van der Waals surface area contributed by atoms with Crippen LogP contribution >= 0.6 is 11.6 Å². The van der Waals surface area contributed by atoms with Crippen LogP contribution in [0.1, 0.15) is 24.9 Å². The number of aromatic nitrogens is 1. The van der Waals surface area contributed by atoms with Gasteiger partial charge in [0.2, 0.25) is 17.7 Å². The molecule has 0 bridgehead atoms. The van der Waals surface area contributed by atoms with E-state index in [1.54, 1.807) is 42.6 Å². The van der Waals surface area contributed by atoms with Crippen molar-refractivity contribution in [3.63, 3.8) is 0 Å². The number of amides is 3. The van der Waals surface area contributed by atoms with Crippen molar-refractivity contribution < 1.29 is 14.4 Å². The van der Waals surface area contributed by atoms with E-state index in [1.807, 2.05) is 0 Å². The molecule has 0 saturated heterocycles. The summed E-state index contributed by atoms with van der Waals surface area (Å²) in [6.45, 7) is 1.20. The smallest absolute Gasteiger partial charge is 0.243 e. The Bertz CT molecular complexity index is 766. The Hall–Kier alpha value is -2.93. The van der Waals surface area contributed by atoms with Crippen LogP contribution < -0.4 is 16.0 Å². The SMILES string of the molecule is CC(=O)N[C@@H](CC(=O)NCC(=O)Nc1cccnc1)c1ccc(Cl)cc1. The van der Waals surface area contributed by atoms with Gasteiger partial charge in [-0.15, -0.1) is 0 Å². The minimum atomic E-state index is -0.508. The van der Waals surface area contributed by atoms with E-state index in [4.69, 9.17) is 11.6 Å². The topological polar surface area (TPSA) is 100 Å². The first-order valence-corrected chi connectivity index (χ1v) is 8.31. The quantitative estimate of drug-likeness (QED) is 0.690. The van der Waals surface area contributed by atoms with Crippen molar-refractivity contribution in [2.75, 3.05) is 11.9 Å². The number of rotatable bonds is 7. The highest BCUT2D eigenvalue weighted by Gasteiger charge is 2.17. The normalized spacial score (nSPS) is 11.3. The van der Waals surface area contributed by atoms with Gasteiger partial charge >= 0.3 is 0 Å². The molecule has 0 fully saturated rings. The van der Waals surface area contributed by atoms with E-state index in [2.05, 4.69) is 20.9 Å². The number of benzene rings is 1. The van der Waals surface area contributed by atoms with Crippen molar-refractivity contribution in [2.24, 2.45) is 0 Å². The molecule has 26 heavy (non-hydrogen) atoms. The summed E-state index contributed by atoms with van der Waals surface area (Å²) in [5.74, 6) is -0.985.